The summed E-state index contributed by atoms with van der Waals surface area (Å²) in [5, 5.41) is 10.1. The van der Waals surface area contributed by atoms with Crippen LogP contribution in [-0.4, -0.2) is 22.3 Å². The molecule has 2 aliphatic rings. The van der Waals surface area contributed by atoms with Crippen LogP contribution in [-0.2, 0) is 9.59 Å². The molecule has 0 aromatic carbocycles. The Labute approximate surface area is 95.5 Å². The Kier molecular flexibility index (Phi) is 2.74. The molecule has 1 fully saturated rings. The molecule has 0 saturated heterocycles. The highest BCUT2D eigenvalue weighted by Crippen LogP contribution is 2.45. The molecule has 0 amide bonds. The van der Waals surface area contributed by atoms with Crippen LogP contribution in [0, 0.1) is 5.41 Å². The second kappa shape index (κ2) is 3.81. The Bertz CT molecular complexity index is 358. The summed E-state index contributed by atoms with van der Waals surface area (Å²) in [6.45, 7) is 1.82. The van der Waals surface area contributed by atoms with E-state index in [1.165, 1.54) is 0 Å². The number of ketones is 2. The Morgan fingerprint density at radius 2 is 2.06 bits per heavy atom. The van der Waals surface area contributed by atoms with Crippen molar-refractivity contribution in [2.75, 3.05) is 0 Å². The lowest BCUT2D eigenvalue weighted by atomic mass is 9.62. The molecule has 0 radical (unpaired) electrons. The number of carbonyl (C=O) groups excluding carboxylic acids is 2. The standard InChI is InChI=1S/C13H18O3/c1-2-13(16)8-7-12(9-11(13)15)6-4-3-5-10(12)14/h3,5,16H,2,4,6-9H2,1H3/t12-,13?/m1/s1. The van der Waals surface area contributed by atoms with Gasteiger partial charge in [-0.25, -0.2) is 0 Å². The summed E-state index contributed by atoms with van der Waals surface area (Å²) in [6.07, 6.45) is 6.85. The summed E-state index contributed by atoms with van der Waals surface area (Å²) in [7, 11) is 0. The summed E-state index contributed by atoms with van der Waals surface area (Å²) in [4.78, 5) is 23.8. The van der Waals surface area contributed by atoms with E-state index in [1.807, 2.05) is 13.0 Å². The molecular formula is C13H18O3. The fraction of sp³-hybridized carbons (Fsp3) is 0.692. The fourth-order valence-corrected chi connectivity index (χ4v) is 2.79. The zero-order chi connectivity index (χ0) is 11.8. The third-order valence-corrected chi connectivity index (χ3v) is 4.20. The summed E-state index contributed by atoms with van der Waals surface area (Å²) < 4.78 is 0. The quantitative estimate of drug-likeness (QED) is 0.735. The average molecular weight is 222 g/mol. The van der Waals surface area contributed by atoms with Crippen molar-refractivity contribution in [1.82, 2.24) is 0 Å². The Hall–Kier alpha value is -0.960. The van der Waals surface area contributed by atoms with Crippen LogP contribution in [0.2, 0.25) is 0 Å². The number of rotatable bonds is 1. The van der Waals surface area contributed by atoms with Crippen LogP contribution in [0.3, 0.4) is 0 Å². The molecule has 1 saturated carbocycles. The van der Waals surface area contributed by atoms with Crippen LogP contribution in [0.25, 0.3) is 0 Å². The number of allylic oxidation sites excluding steroid dienone is 2. The SMILES string of the molecule is CCC1(O)CC[C@]2(CCC=CC2=O)CC1=O. The minimum absolute atomic E-state index is 0.0743. The molecule has 2 rings (SSSR count). The smallest absolute Gasteiger partial charge is 0.165 e. The van der Waals surface area contributed by atoms with Gasteiger partial charge in [0.25, 0.3) is 0 Å². The molecule has 0 aromatic rings. The largest absolute Gasteiger partial charge is 0.382 e. The van der Waals surface area contributed by atoms with Crippen molar-refractivity contribution in [3.05, 3.63) is 12.2 Å². The van der Waals surface area contributed by atoms with Crippen LogP contribution in [0.15, 0.2) is 12.2 Å². The number of hydrogen-bond acceptors (Lipinski definition) is 3. The third kappa shape index (κ3) is 1.63. The highest BCUT2D eigenvalue weighted by atomic mass is 16.3. The van der Waals surface area contributed by atoms with Crippen LogP contribution in [0.5, 0.6) is 0 Å². The maximum absolute atomic E-state index is 11.9. The Morgan fingerprint density at radius 1 is 1.31 bits per heavy atom. The van der Waals surface area contributed by atoms with Crippen molar-refractivity contribution in [2.45, 2.75) is 51.0 Å². The highest BCUT2D eigenvalue weighted by molar-refractivity contribution is 6.01. The predicted molar refractivity (Wildman–Crippen MR) is 59.9 cm³/mol. The van der Waals surface area contributed by atoms with Crippen molar-refractivity contribution in [3.8, 4) is 0 Å². The van der Waals surface area contributed by atoms with Gasteiger partial charge in [-0.05, 0) is 38.2 Å². The van der Waals surface area contributed by atoms with Crippen LogP contribution in [0.4, 0.5) is 0 Å². The first-order chi connectivity index (χ1) is 7.52. The zero-order valence-electron chi connectivity index (χ0n) is 9.66. The fourth-order valence-electron chi connectivity index (χ4n) is 2.79. The van der Waals surface area contributed by atoms with Gasteiger partial charge in [-0.3, -0.25) is 9.59 Å². The molecule has 3 heteroatoms. The van der Waals surface area contributed by atoms with Gasteiger partial charge in [0.05, 0.1) is 0 Å². The van der Waals surface area contributed by atoms with Gasteiger partial charge in [-0.1, -0.05) is 13.0 Å². The summed E-state index contributed by atoms with van der Waals surface area (Å²) in [6, 6.07) is 0. The van der Waals surface area contributed by atoms with E-state index >= 15 is 0 Å². The van der Waals surface area contributed by atoms with Gasteiger partial charge in [-0.15, -0.1) is 0 Å². The van der Waals surface area contributed by atoms with Gasteiger partial charge in [0.1, 0.15) is 5.60 Å². The second-order valence-electron chi connectivity index (χ2n) is 5.07. The van der Waals surface area contributed by atoms with Crippen molar-refractivity contribution in [3.63, 3.8) is 0 Å². The number of Topliss-reactive ketones (excluding diaryl/α,β-unsaturated/α-hetero) is 1. The molecule has 1 spiro atoms. The number of hydrogen-bond donors (Lipinski definition) is 1. The van der Waals surface area contributed by atoms with Gasteiger partial charge in [0, 0.05) is 11.8 Å². The maximum Gasteiger partial charge on any atom is 0.165 e. The molecule has 1 unspecified atom stereocenters. The number of carbonyl (C=O) groups is 2. The molecular weight excluding hydrogens is 204 g/mol. The molecule has 0 aliphatic heterocycles. The van der Waals surface area contributed by atoms with Crippen LogP contribution in [0.1, 0.15) is 45.4 Å². The normalized spacial score (nSPS) is 39.4. The van der Waals surface area contributed by atoms with Gasteiger partial charge in [0.15, 0.2) is 11.6 Å². The lowest BCUT2D eigenvalue weighted by molar-refractivity contribution is -0.152. The molecule has 0 heterocycles. The van der Waals surface area contributed by atoms with Crippen LogP contribution < -0.4 is 0 Å². The minimum atomic E-state index is -1.17. The summed E-state index contributed by atoms with van der Waals surface area (Å²) >= 11 is 0. The van der Waals surface area contributed by atoms with Gasteiger partial charge < -0.3 is 5.11 Å². The van der Waals surface area contributed by atoms with E-state index < -0.39 is 11.0 Å². The van der Waals surface area contributed by atoms with E-state index in [-0.39, 0.29) is 18.0 Å². The second-order valence-corrected chi connectivity index (χ2v) is 5.07. The minimum Gasteiger partial charge on any atom is -0.382 e. The first kappa shape index (κ1) is 11.5. The van der Waals surface area contributed by atoms with Gasteiger partial charge in [-0.2, -0.15) is 0 Å². The molecule has 0 aromatic heterocycles. The third-order valence-electron chi connectivity index (χ3n) is 4.20. The lowest BCUT2D eigenvalue weighted by Crippen LogP contribution is -2.49. The van der Waals surface area contributed by atoms with Crippen molar-refractivity contribution in [2.24, 2.45) is 5.41 Å². The van der Waals surface area contributed by atoms with E-state index in [0.717, 1.165) is 12.8 Å². The summed E-state index contributed by atoms with van der Waals surface area (Å²) in [5.41, 5.74) is -1.67. The highest BCUT2D eigenvalue weighted by Gasteiger charge is 2.49. The molecule has 3 nitrogen and oxygen atoms in total. The average Bonchev–Trinajstić information content (AvgIpc) is 2.28. The summed E-state index contributed by atoms with van der Waals surface area (Å²) in [5.74, 6) is -0.0739. The first-order valence-electron chi connectivity index (χ1n) is 5.99. The van der Waals surface area contributed by atoms with E-state index in [4.69, 9.17) is 0 Å². The monoisotopic (exact) mass is 222 g/mol. The molecule has 2 atom stereocenters. The predicted octanol–water partition coefficient (Wildman–Crippen LogP) is 1.79. The van der Waals surface area contributed by atoms with E-state index in [1.54, 1.807) is 6.08 Å². The van der Waals surface area contributed by atoms with E-state index in [0.29, 0.717) is 19.3 Å². The van der Waals surface area contributed by atoms with Crippen molar-refractivity contribution >= 4 is 11.6 Å². The Morgan fingerprint density at radius 3 is 2.62 bits per heavy atom. The molecule has 2 aliphatic carbocycles. The number of aliphatic hydroxyl groups is 1. The van der Waals surface area contributed by atoms with Crippen molar-refractivity contribution in [1.29, 1.82) is 0 Å². The first-order valence-corrected chi connectivity index (χ1v) is 5.99. The van der Waals surface area contributed by atoms with Crippen LogP contribution >= 0.6 is 0 Å². The van der Waals surface area contributed by atoms with Gasteiger partial charge in [0.2, 0.25) is 0 Å². The van der Waals surface area contributed by atoms with Crippen molar-refractivity contribution < 1.29 is 14.7 Å². The molecule has 1 N–H and O–H groups in total. The molecule has 88 valence electrons. The van der Waals surface area contributed by atoms with Gasteiger partial charge >= 0.3 is 0 Å². The molecule has 0 bridgehead atoms. The van der Waals surface area contributed by atoms with E-state index in [9.17, 15) is 14.7 Å². The van der Waals surface area contributed by atoms with E-state index in [2.05, 4.69) is 0 Å². The topological polar surface area (TPSA) is 54.4 Å². The molecule has 16 heavy (non-hydrogen) atoms. The maximum atomic E-state index is 11.9. The Balaban J connectivity index is 2.21. The lowest BCUT2D eigenvalue weighted by Gasteiger charge is -2.42. The zero-order valence-corrected chi connectivity index (χ0v) is 9.66.